The second-order valence-electron chi connectivity index (χ2n) is 8.97. The lowest BCUT2D eigenvalue weighted by molar-refractivity contribution is -0.139. The predicted octanol–water partition coefficient (Wildman–Crippen LogP) is 2.07. The highest BCUT2D eigenvalue weighted by Gasteiger charge is 2.55. The van der Waals surface area contributed by atoms with Gasteiger partial charge >= 0.3 is 6.03 Å². The molecule has 1 N–H and O–H groups in total. The van der Waals surface area contributed by atoms with E-state index >= 15 is 0 Å². The fraction of sp³-hybridized carbons (Fsp3) is 0.360. The van der Waals surface area contributed by atoms with Crippen molar-refractivity contribution < 1.29 is 23.6 Å². The number of hydrogen-bond donors (Lipinski definition) is 1. The Hall–Kier alpha value is -3.75. The maximum Gasteiger partial charge on any atom is 0.325 e. The van der Waals surface area contributed by atoms with Gasteiger partial charge in [-0.2, -0.15) is 0 Å². The standard InChI is InChI=1S/C25H25FN4O4/c1-16(31)18-6-7-21(20(26)14-18)28-10-12-29(13-11-28)22(32)15-30-23(33)25(27-24(30)34)9-8-17-4-2-3-5-19(17)25/h2-7,14H,8-13,15H2,1H3,(H,27,34). The molecule has 1 aliphatic carbocycles. The fourth-order valence-corrected chi connectivity index (χ4v) is 5.15. The number of Topliss-reactive ketones (excluding diaryl/α,β-unsaturated/α-hetero) is 1. The molecule has 1 spiro atoms. The monoisotopic (exact) mass is 464 g/mol. The third-order valence-corrected chi connectivity index (χ3v) is 7.04. The van der Waals surface area contributed by atoms with Crippen LogP contribution in [0.3, 0.4) is 0 Å². The zero-order valence-corrected chi connectivity index (χ0v) is 18.8. The van der Waals surface area contributed by atoms with Gasteiger partial charge in [-0.3, -0.25) is 19.3 Å². The third-order valence-electron chi connectivity index (χ3n) is 7.04. The average molecular weight is 464 g/mol. The SMILES string of the molecule is CC(=O)c1ccc(N2CCN(C(=O)CN3C(=O)NC4(CCc5ccccc54)C3=O)CC2)c(F)c1. The van der Waals surface area contributed by atoms with Crippen molar-refractivity contribution in [1.82, 2.24) is 15.1 Å². The summed E-state index contributed by atoms with van der Waals surface area (Å²) in [6, 6.07) is 11.4. The minimum absolute atomic E-state index is 0.204. The number of ketones is 1. The van der Waals surface area contributed by atoms with E-state index in [0.29, 0.717) is 50.3 Å². The Kier molecular flexibility index (Phi) is 5.34. The fourth-order valence-electron chi connectivity index (χ4n) is 5.15. The van der Waals surface area contributed by atoms with Crippen molar-refractivity contribution in [2.45, 2.75) is 25.3 Å². The van der Waals surface area contributed by atoms with Crippen molar-refractivity contribution in [1.29, 1.82) is 0 Å². The number of nitrogens with one attached hydrogen (secondary N) is 1. The van der Waals surface area contributed by atoms with E-state index in [1.165, 1.54) is 13.0 Å². The first kappa shape index (κ1) is 22.1. The van der Waals surface area contributed by atoms with Crippen LogP contribution in [0.25, 0.3) is 0 Å². The highest BCUT2D eigenvalue weighted by molar-refractivity contribution is 6.10. The van der Waals surface area contributed by atoms with Crippen molar-refractivity contribution in [2.75, 3.05) is 37.6 Å². The summed E-state index contributed by atoms with van der Waals surface area (Å²) in [5.74, 6) is -1.39. The lowest BCUT2D eigenvalue weighted by Crippen LogP contribution is -2.52. The number of anilines is 1. The Morgan fingerprint density at radius 3 is 2.50 bits per heavy atom. The number of urea groups is 1. The Balaban J connectivity index is 1.23. The van der Waals surface area contributed by atoms with Gasteiger partial charge < -0.3 is 15.1 Å². The molecule has 0 bridgehead atoms. The number of hydrogen-bond acceptors (Lipinski definition) is 5. The number of imide groups is 1. The lowest BCUT2D eigenvalue weighted by atomic mass is 9.92. The molecule has 5 rings (SSSR count). The summed E-state index contributed by atoms with van der Waals surface area (Å²) in [6.07, 6.45) is 1.17. The summed E-state index contributed by atoms with van der Waals surface area (Å²) >= 11 is 0. The molecule has 2 aromatic rings. The van der Waals surface area contributed by atoms with E-state index in [2.05, 4.69) is 5.32 Å². The van der Waals surface area contributed by atoms with Crippen molar-refractivity contribution in [3.63, 3.8) is 0 Å². The second kappa shape index (κ2) is 8.23. The molecule has 2 aliphatic heterocycles. The molecule has 3 aliphatic rings. The molecule has 0 aromatic heterocycles. The molecule has 0 saturated carbocycles. The minimum Gasteiger partial charge on any atom is -0.366 e. The molecule has 1 atom stereocenters. The van der Waals surface area contributed by atoms with Crippen LogP contribution in [-0.4, -0.2) is 66.2 Å². The number of aryl methyl sites for hydroxylation is 1. The first-order valence-electron chi connectivity index (χ1n) is 11.4. The van der Waals surface area contributed by atoms with E-state index in [1.807, 2.05) is 29.2 Å². The Morgan fingerprint density at radius 1 is 1.06 bits per heavy atom. The highest BCUT2D eigenvalue weighted by Crippen LogP contribution is 2.41. The summed E-state index contributed by atoms with van der Waals surface area (Å²) in [5, 5.41) is 2.83. The van der Waals surface area contributed by atoms with Crippen molar-refractivity contribution >= 4 is 29.3 Å². The molecule has 2 heterocycles. The normalized spacial score (nSPS) is 21.8. The maximum atomic E-state index is 14.5. The van der Waals surface area contributed by atoms with Gasteiger partial charge in [0, 0.05) is 31.7 Å². The minimum atomic E-state index is -1.09. The molecule has 1 unspecified atom stereocenters. The number of benzene rings is 2. The smallest absolute Gasteiger partial charge is 0.325 e. The predicted molar refractivity (Wildman–Crippen MR) is 122 cm³/mol. The molecule has 34 heavy (non-hydrogen) atoms. The van der Waals surface area contributed by atoms with Gasteiger partial charge in [-0.15, -0.1) is 0 Å². The molecule has 2 aromatic carbocycles. The molecule has 2 fully saturated rings. The third kappa shape index (κ3) is 3.52. The van der Waals surface area contributed by atoms with Gasteiger partial charge in [0.2, 0.25) is 5.91 Å². The van der Waals surface area contributed by atoms with Crippen LogP contribution in [0.5, 0.6) is 0 Å². The molecule has 176 valence electrons. The molecule has 2 saturated heterocycles. The quantitative estimate of drug-likeness (QED) is 0.553. The summed E-state index contributed by atoms with van der Waals surface area (Å²) in [7, 11) is 0. The topological polar surface area (TPSA) is 90.0 Å². The van der Waals surface area contributed by atoms with Crippen LogP contribution in [0.4, 0.5) is 14.9 Å². The number of fused-ring (bicyclic) bond motifs is 2. The van der Waals surface area contributed by atoms with E-state index in [1.54, 1.807) is 17.0 Å². The van der Waals surface area contributed by atoms with Gasteiger partial charge in [0.15, 0.2) is 5.78 Å². The van der Waals surface area contributed by atoms with E-state index in [-0.39, 0.29) is 24.1 Å². The van der Waals surface area contributed by atoms with Gasteiger partial charge in [0.1, 0.15) is 17.9 Å². The highest BCUT2D eigenvalue weighted by atomic mass is 19.1. The van der Waals surface area contributed by atoms with Gasteiger partial charge in [0.25, 0.3) is 5.91 Å². The summed E-state index contributed by atoms with van der Waals surface area (Å²) in [4.78, 5) is 54.8. The van der Waals surface area contributed by atoms with Crippen molar-refractivity contribution in [2.24, 2.45) is 0 Å². The van der Waals surface area contributed by atoms with E-state index in [4.69, 9.17) is 0 Å². The van der Waals surface area contributed by atoms with Gasteiger partial charge in [-0.1, -0.05) is 24.3 Å². The first-order chi connectivity index (χ1) is 16.3. The number of carbonyl (C=O) groups excluding carboxylic acids is 4. The Labute approximate surface area is 196 Å². The average Bonchev–Trinajstić information content (AvgIpc) is 3.32. The van der Waals surface area contributed by atoms with Crippen LogP contribution >= 0.6 is 0 Å². The van der Waals surface area contributed by atoms with Crippen molar-refractivity contribution in [3.8, 4) is 0 Å². The van der Waals surface area contributed by atoms with Crippen LogP contribution in [0.15, 0.2) is 42.5 Å². The van der Waals surface area contributed by atoms with Gasteiger partial charge in [-0.05, 0) is 49.1 Å². The number of halogens is 1. The van der Waals surface area contributed by atoms with Crippen LogP contribution in [-0.2, 0) is 21.5 Å². The zero-order chi connectivity index (χ0) is 24.0. The van der Waals surface area contributed by atoms with Gasteiger partial charge in [-0.25, -0.2) is 9.18 Å². The summed E-state index contributed by atoms with van der Waals surface area (Å²) < 4.78 is 14.5. The molecular weight excluding hydrogens is 439 g/mol. The molecular formula is C25H25FN4O4. The number of amides is 4. The van der Waals surface area contributed by atoms with Crippen LogP contribution in [0.1, 0.15) is 34.8 Å². The largest absolute Gasteiger partial charge is 0.366 e. The second-order valence-corrected chi connectivity index (χ2v) is 8.97. The van der Waals surface area contributed by atoms with Crippen molar-refractivity contribution in [3.05, 3.63) is 65.0 Å². The number of rotatable bonds is 4. The lowest BCUT2D eigenvalue weighted by Gasteiger charge is -2.36. The number of carbonyl (C=O) groups is 4. The Morgan fingerprint density at radius 2 is 1.79 bits per heavy atom. The zero-order valence-electron chi connectivity index (χ0n) is 18.8. The first-order valence-corrected chi connectivity index (χ1v) is 11.4. The molecule has 4 amide bonds. The van der Waals surface area contributed by atoms with Gasteiger partial charge in [0.05, 0.1) is 5.69 Å². The maximum absolute atomic E-state index is 14.5. The number of nitrogens with zero attached hydrogens (tertiary/aromatic N) is 3. The number of piperazine rings is 1. The Bertz CT molecular complexity index is 1210. The molecule has 0 radical (unpaired) electrons. The van der Waals surface area contributed by atoms with Crippen LogP contribution in [0.2, 0.25) is 0 Å². The van der Waals surface area contributed by atoms with E-state index in [9.17, 15) is 23.6 Å². The summed E-state index contributed by atoms with van der Waals surface area (Å²) in [5.41, 5.74) is 1.44. The van der Waals surface area contributed by atoms with E-state index < -0.39 is 17.4 Å². The molecule has 8 nitrogen and oxygen atoms in total. The van der Waals surface area contributed by atoms with E-state index in [0.717, 1.165) is 16.0 Å². The van der Waals surface area contributed by atoms with Crippen LogP contribution < -0.4 is 10.2 Å². The van der Waals surface area contributed by atoms with Crippen LogP contribution in [0, 0.1) is 5.82 Å². The summed E-state index contributed by atoms with van der Waals surface area (Å²) in [6.45, 7) is 2.54. The molecule has 9 heteroatoms.